The van der Waals surface area contributed by atoms with Crippen molar-refractivity contribution in [2.75, 3.05) is 17.2 Å². The molecule has 0 amide bonds. The number of aliphatic hydroxyl groups is 1. The van der Waals surface area contributed by atoms with Crippen LogP contribution in [0.1, 0.15) is 31.7 Å². The van der Waals surface area contributed by atoms with Gasteiger partial charge in [0.25, 0.3) is 0 Å². The molecule has 5 heteroatoms. The smallest absolute Gasteiger partial charge is 0.134 e. The zero-order valence-electron chi connectivity index (χ0n) is 10.4. The third kappa shape index (κ3) is 2.85. The molecule has 94 valence electrons. The Morgan fingerprint density at radius 3 is 2.71 bits per heavy atom. The first-order valence-corrected chi connectivity index (χ1v) is 6.20. The summed E-state index contributed by atoms with van der Waals surface area (Å²) in [5.74, 6) is 1.76. The molecular formula is C12H20N4O. The zero-order valence-corrected chi connectivity index (χ0v) is 10.4. The van der Waals surface area contributed by atoms with Crippen LogP contribution in [0, 0.1) is 6.92 Å². The minimum Gasteiger partial charge on any atom is -0.393 e. The Morgan fingerprint density at radius 1 is 1.35 bits per heavy atom. The molecule has 3 N–H and O–H groups in total. The van der Waals surface area contributed by atoms with Gasteiger partial charge in [-0.05, 0) is 26.2 Å². The highest BCUT2D eigenvalue weighted by atomic mass is 16.3. The number of hydrogen-bond donors (Lipinski definition) is 3. The Labute approximate surface area is 102 Å². The Kier molecular flexibility index (Phi) is 3.78. The molecular weight excluding hydrogens is 216 g/mol. The number of rotatable bonds is 5. The molecule has 0 saturated heterocycles. The number of aromatic nitrogens is 2. The molecule has 1 heterocycles. The molecule has 5 nitrogen and oxygen atoms in total. The van der Waals surface area contributed by atoms with Gasteiger partial charge in [-0.1, -0.05) is 6.92 Å². The fourth-order valence-electron chi connectivity index (χ4n) is 1.92. The molecule has 1 fully saturated rings. The summed E-state index contributed by atoms with van der Waals surface area (Å²) in [4.78, 5) is 8.48. The Bertz CT molecular complexity index is 377. The van der Waals surface area contributed by atoms with E-state index in [2.05, 4.69) is 27.5 Å². The van der Waals surface area contributed by atoms with Gasteiger partial charge in [0.2, 0.25) is 0 Å². The maximum absolute atomic E-state index is 9.25. The summed E-state index contributed by atoms with van der Waals surface area (Å²) in [7, 11) is 0. The van der Waals surface area contributed by atoms with Crippen LogP contribution in [0.25, 0.3) is 0 Å². The molecule has 1 aliphatic carbocycles. The topological polar surface area (TPSA) is 70.1 Å². The Balaban J connectivity index is 2.01. The fraction of sp³-hybridized carbons (Fsp3) is 0.667. The normalized spacial score (nSPS) is 23.0. The number of nitrogens with one attached hydrogen (secondary N) is 2. The predicted octanol–water partition coefficient (Wildman–Crippen LogP) is 1.54. The van der Waals surface area contributed by atoms with Crippen molar-refractivity contribution < 1.29 is 5.11 Å². The van der Waals surface area contributed by atoms with E-state index in [1.54, 1.807) is 6.33 Å². The number of hydrogen-bond acceptors (Lipinski definition) is 5. The van der Waals surface area contributed by atoms with E-state index in [9.17, 15) is 5.11 Å². The number of aliphatic hydroxyl groups excluding tert-OH is 1. The van der Waals surface area contributed by atoms with Gasteiger partial charge in [-0.2, -0.15) is 0 Å². The molecule has 0 radical (unpaired) electrons. The second-order valence-electron chi connectivity index (χ2n) is 4.59. The van der Waals surface area contributed by atoms with Gasteiger partial charge < -0.3 is 15.7 Å². The molecule has 1 aromatic rings. The van der Waals surface area contributed by atoms with Crippen LogP contribution in [0.2, 0.25) is 0 Å². The second-order valence-corrected chi connectivity index (χ2v) is 4.59. The maximum atomic E-state index is 9.25. The number of anilines is 2. The van der Waals surface area contributed by atoms with Crippen LogP contribution in [0.5, 0.6) is 0 Å². The molecule has 0 atom stereocenters. The molecule has 0 unspecified atom stereocenters. The molecule has 2 rings (SSSR count). The van der Waals surface area contributed by atoms with Gasteiger partial charge in [0.15, 0.2) is 0 Å². The van der Waals surface area contributed by atoms with E-state index >= 15 is 0 Å². The molecule has 0 bridgehead atoms. The Morgan fingerprint density at radius 2 is 2.06 bits per heavy atom. The minimum absolute atomic E-state index is 0.146. The molecule has 0 aromatic carbocycles. The van der Waals surface area contributed by atoms with Crippen LogP contribution >= 0.6 is 0 Å². The zero-order chi connectivity index (χ0) is 12.3. The molecule has 0 spiro atoms. The summed E-state index contributed by atoms with van der Waals surface area (Å²) >= 11 is 0. The lowest BCUT2D eigenvalue weighted by Gasteiger charge is -2.32. The summed E-state index contributed by atoms with van der Waals surface area (Å²) < 4.78 is 0. The van der Waals surface area contributed by atoms with Crippen molar-refractivity contribution in [3.8, 4) is 0 Å². The van der Waals surface area contributed by atoms with Crippen LogP contribution in [-0.4, -0.2) is 33.8 Å². The average molecular weight is 236 g/mol. The lowest BCUT2D eigenvalue weighted by atomic mass is 9.89. The van der Waals surface area contributed by atoms with E-state index in [4.69, 9.17) is 0 Å². The van der Waals surface area contributed by atoms with Crippen molar-refractivity contribution in [3.05, 3.63) is 11.9 Å². The van der Waals surface area contributed by atoms with Gasteiger partial charge in [-0.3, -0.25) is 0 Å². The van der Waals surface area contributed by atoms with Gasteiger partial charge in [0, 0.05) is 18.2 Å². The molecule has 0 aliphatic heterocycles. The molecule has 1 saturated carbocycles. The highest BCUT2D eigenvalue weighted by molar-refractivity contribution is 5.56. The third-order valence-electron chi connectivity index (χ3n) is 3.08. The quantitative estimate of drug-likeness (QED) is 0.723. The van der Waals surface area contributed by atoms with Crippen LogP contribution in [0.3, 0.4) is 0 Å². The van der Waals surface area contributed by atoms with Gasteiger partial charge in [-0.25, -0.2) is 9.97 Å². The Hall–Kier alpha value is -1.36. The average Bonchev–Trinajstić information content (AvgIpc) is 2.28. The van der Waals surface area contributed by atoms with Crippen LogP contribution in [0.4, 0.5) is 11.6 Å². The first kappa shape index (κ1) is 12.1. The summed E-state index contributed by atoms with van der Waals surface area (Å²) in [5, 5.41) is 15.9. The minimum atomic E-state index is -0.146. The molecule has 17 heavy (non-hydrogen) atoms. The highest BCUT2D eigenvalue weighted by Gasteiger charge is 2.27. The van der Waals surface area contributed by atoms with Crippen molar-refractivity contribution in [2.24, 2.45) is 0 Å². The van der Waals surface area contributed by atoms with Crippen molar-refractivity contribution in [1.82, 2.24) is 9.97 Å². The van der Waals surface area contributed by atoms with Crippen molar-refractivity contribution in [2.45, 2.75) is 45.3 Å². The van der Waals surface area contributed by atoms with Crippen molar-refractivity contribution >= 4 is 11.6 Å². The van der Waals surface area contributed by atoms with Crippen LogP contribution < -0.4 is 10.6 Å². The third-order valence-corrected chi connectivity index (χ3v) is 3.08. The van der Waals surface area contributed by atoms with Crippen molar-refractivity contribution in [3.63, 3.8) is 0 Å². The lowest BCUT2D eigenvalue weighted by molar-refractivity contribution is 0.0835. The highest BCUT2D eigenvalue weighted by Crippen LogP contribution is 2.26. The summed E-state index contributed by atoms with van der Waals surface area (Å²) in [6, 6.07) is 0.345. The maximum Gasteiger partial charge on any atom is 0.134 e. The first-order chi connectivity index (χ1) is 8.20. The molecule has 1 aromatic heterocycles. The van der Waals surface area contributed by atoms with Crippen LogP contribution in [0.15, 0.2) is 6.33 Å². The largest absolute Gasteiger partial charge is 0.393 e. The van der Waals surface area contributed by atoms with E-state index in [-0.39, 0.29) is 6.10 Å². The number of nitrogens with zero attached hydrogens (tertiary/aromatic N) is 2. The van der Waals surface area contributed by atoms with E-state index < -0.39 is 0 Å². The van der Waals surface area contributed by atoms with Crippen LogP contribution in [-0.2, 0) is 0 Å². The second kappa shape index (κ2) is 5.31. The summed E-state index contributed by atoms with van der Waals surface area (Å²) in [5.41, 5.74) is 1.04. The van der Waals surface area contributed by atoms with E-state index in [1.807, 2.05) is 6.92 Å². The summed E-state index contributed by atoms with van der Waals surface area (Å²) in [6.45, 7) is 5.05. The van der Waals surface area contributed by atoms with Gasteiger partial charge in [0.1, 0.15) is 18.0 Å². The van der Waals surface area contributed by atoms with Gasteiger partial charge in [0.05, 0.1) is 6.10 Å². The molecule has 1 aliphatic rings. The first-order valence-electron chi connectivity index (χ1n) is 6.20. The lowest BCUT2D eigenvalue weighted by Crippen LogP contribution is -2.39. The standard InChI is InChI=1S/C12H20N4O/c1-3-4-13-11-8(2)12(15-7-14-11)16-9-5-10(17)6-9/h7,9-10,17H,3-6H2,1-2H3,(H2,13,14,15,16). The predicted molar refractivity (Wildman–Crippen MR) is 68.2 cm³/mol. The van der Waals surface area contributed by atoms with E-state index in [1.165, 1.54) is 0 Å². The fourth-order valence-corrected chi connectivity index (χ4v) is 1.92. The van der Waals surface area contributed by atoms with Gasteiger partial charge >= 0.3 is 0 Å². The summed E-state index contributed by atoms with van der Waals surface area (Å²) in [6.07, 6.45) is 4.11. The van der Waals surface area contributed by atoms with E-state index in [0.29, 0.717) is 6.04 Å². The van der Waals surface area contributed by atoms with Crippen molar-refractivity contribution in [1.29, 1.82) is 0 Å². The SMILES string of the molecule is CCCNc1ncnc(NC2CC(O)C2)c1C. The van der Waals surface area contributed by atoms with Gasteiger partial charge in [-0.15, -0.1) is 0 Å². The monoisotopic (exact) mass is 236 g/mol. The van der Waals surface area contributed by atoms with E-state index in [0.717, 1.165) is 43.0 Å².